The fourth-order valence-corrected chi connectivity index (χ4v) is 10.2. The number of hydrogen-bond donors (Lipinski definition) is 4. The summed E-state index contributed by atoms with van der Waals surface area (Å²) in [4.78, 5) is 13.8. The van der Waals surface area contributed by atoms with Crippen LogP contribution >= 0.6 is 11.6 Å². The molecule has 1 heterocycles. The highest BCUT2D eigenvalue weighted by atomic mass is 35.5. The lowest BCUT2D eigenvalue weighted by molar-refractivity contribution is -0.137. The number of nitrogens with one attached hydrogen (secondary N) is 2. The maximum absolute atomic E-state index is 13.8. The number of carbonyl (C=O) groups excluding carboxylic acids is 1. The zero-order chi connectivity index (χ0) is 27.1. The van der Waals surface area contributed by atoms with E-state index in [9.17, 15) is 9.90 Å². The maximum Gasteiger partial charge on any atom is 0.226 e. The van der Waals surface area contributed by atoms with Crippen LogP contribution in [-0.2, 0) is 4.79 Å². The van der Waals surface area contributed by atoms with Gasteiger partial charge < -0.3 is 21.5 Å². The number of nitrogens with zero attached hydrogens (tertiary/aromatic N) is 2. The Kier molecular flexibility index (Phi) is 8.89. The molecule has 5 saturated carbocycles. The van der Waals surface area contributed by atoms with Crippen molar-refractivity contribution in [2.24, 2.45) is 51.5 Å². The lowest BCUT2D eigenvalue weighted by Gasteiger charge is -2.50. The first kappa shape index (κ1) is 28.4. The summed E-state index contributed by atoms with van der Waals surface area (Å²) in [6, 6.07) is 1.25. The van der Waals surface area contributed by atoms with Crippen molar-refractivity contribution in [2.45, 2.75) is 151 Å². The maximum atomic E-state index is 13.8. The van der Waals surface area contributed by atoms with E-state index in [2.05, 4.69) is 17.6 Å². The highest BCUT2D eigenvalue weighted by Crippen LogP contribution is 2.53. The van der Waals surface area contributed by atoms with Gasteiger partial charge in [-0.2, -0.15) is 10.2 Å². The molecule has 220 valence electrons. The van der Waals surface area contributed by atoms with E-state index in [0.29, 0.717) is 35.8 Å². The van der Waals surface area contributed by atoms with Gasteiger partial charge >= 0.3 is 0 Å². The van der Waals surface area contributed by atoms with E-state index in [1.54, 1.807) is 0 Å². The largest absolute Gasteiger partial charge is 0.390 e. The van der Waals surface area contributed by atoms with Crippen LogP contribution in [0.3, 0.4) is 0 Å². The summed E-state index contributed by atoms with van der Waals surface area (Å²) in [5, 5.41) is 29.5. The normalized spacial score (nSPS) is 50.2. The quantitative estimate of drug-likeness (QED) is 0.281. The van der Waals surface area contributed by atoms with Crippen LogP contribution in [0, 0.1) is 35.5 Å². The number of azo groups is 1. The molecule has 6 aliphatic rings. The van der Waals surface area contributed by atoms with Crippen LogP contribution in [-0.4, -0.2) is 58.7 Å². The Morgan fingerprint density at radius 3 is 2.56 bits per heavy atom. The third kappa shape index (κ3) is 5.81. The molecule has 1 saturated heterocycles. The van der Waals surface area contributed by atoms with Crippen LogP contribution in [0.4, 0.5) is 0 Å². The predicted molar refractivity (Wildman–Crippen MR) is 155 cm³/mol. The van der Waals surface area contributed by atoms with Crippen LogP contribution in [0.15, 0.2) is 10.2 Å². The highest BCUT2D eigenvalue weighted by molar-refractivity contribution is 6.20. The third-order valence-electron chi connectivity index (χ3n) is 12.0. The molecule has 12 unspecified atom stereocenters. The van der Waals surface area contributed by atoms with Crippen molar-refractivity contribution in [3.63, 3.8) is 0 Å². The van der Waals surface area contributed by atoms with E-state index in [1.807, 2.05) is 0 Å². The van der Waals surface area contributed by atoms with Gasteiger partial charge in [-0.15, -0.1) is 11.6 Å². The molecule has 0 spiro atoms. The summed E-state index contributed by atoms with van der Waals surface area (Å²) in [5.41, 5.74) is 6.14. The Morgan fingerprint density at radius 1 is 0.974 bits per heavy atom. The summed E-state index contributed by atoms with van der Waals surface area (Å²) >= 11 is 6.65. The SMILES string of the molecule is CCC1CCCCC1NC(=O)C1CC2CCC3C4CC(Cl)CCC4NC3C2C(N=NC2CCC(N)CC2)C1O. The van der Waals surface area contributed by atoms with Gasteiger partial charge in [-0.25, -0.2) is 0 Å². The second-order valence-corrected chi connectivity index (χ2v) is 14.8. The van der Waals surface area contributed by atoms with Gasteiger partial charge in [0.05, 0.1) is 18.1 Å². The predicted octanol–water partition coefficient (Wildman–Crippen LogP) is 4.93. The average molecular weight is 562 g/mol. The van der Waals surface area contributed by atoms with Crippen molar-refractivity contribution in [3.8, 4) is 0 Å². The molecule has 0 aromatic heterocycles. The number of amides is 1. The Labute approximate surface area is 240 Å². The lowest BCUT2D eigenvalue weighted by Crippen LogP contribution is -2.60. The lowest BCUT2D eigenvalue weighted by atomic mass is 9.58. The van der Waals surface area contributed by atoms with Crippen molar-refractivity contribution in [2.75, 3.05) is 0 Å². The van der Waals surface area contributed by atoms with E-state index in [0.717, 1.165) is 70.6 Å². The molecular formula is C31H52ClN5O2. The molecular weight excluding hydrogens is 510 g/mol. The second-order valence-electron chi connectivity index (χ2n) is 14.1. The molecule has 1 amide bonds. The van der Waals surface area contributed by atoms with Gasteiger partial charge in [0.2, 0.25) is 5.91 Å². The van der Waals surface area contributed by atoms with Crippen LogP contribution in [0.2, 0.25) is 0 Å². The number of fused-ring (bicyclic) bond motifs is 5. The minimum atomic E-state index is -0.784. The molecule has 5 aliphatic carbocycles. The Hall–Kier alpha value is -0.760. The first-order valence-electron chi connectivity index (χ1n) is 16.5. The fourth-order valence-electron chi connectivity index (χ4n) is 9.82. The molecule has 5 N–H and O–H groups in total. The molecule has 6 rings (SSSR count). The minimum Gasteiger partial charge on any atom is -0.390 e. The van der Waals surface area contributed by atoms with Gasteiger partial charge in [0, 0.05) is 35.5 Å². The first-order chi connectivity index (χ1) is 18.9. The molecule has 0 aromatic carbocycles. The van der Waals surface area contributed by atoms with Gasteiger partial charge in [0.25, 0.3) is 0 Å². The van der Waals surface area contributed by atoms with Gasteiger partial charge in [0.1, 0.15) is 6.04 Å². The molecule has 12 atom stereocenters. The zero-order valence-corrected chi connectivity index (χ0v) is 24.7. The average Bonchev–Trinajstić information content (AvgIpc) is 3.31. The number of halogens is 1. The number of hydrogen-bond acceptors (Lipinski definition) is 6. The van der Waals surface area contributed by atoms with Gasteiger partial charge in [-0.1, -0.05) is 26.2 Å². The minimum absolute atomic E-state index is 0.0512. The summed E-state index contributed by atoms with van der Waals surface area (Å²) in [6.45, 7) is 2.24. The zero-order valence-electron chi connectivity index (χ0n) is 23.9. The van der Waals surface area contributed by atoms with Gasteiger partial charge in [0.15, 0.2) is 0 Å². The number of aliphatic hydroxyl groups is 1. The molecule has 7 nitrogen and oxygen atoms in total. The Balaban J connectivity index is 1.23. The van der Waals surface area contributed by atoms with Crippen LogP contribution in [0.5, 0.6) is 0 Å². The van der Waals surface area contributed by atoms with E-state index < -0.39 is 12.0 Å². The van der Waals surface area contributed by atoms with Crippen LogP contribution in [0.25, 0.3) is 0 Å². The third-order valence-corrected chi connectivity index (χ3v) is 12.4. The molecule has 6 fully saturated rings. The number of rotatable bonds is 5. The van der Waals surface area contributed by atoms with Crippen molar-refractivity contribution >= 4 is 17.5 Å². The summed E-state index contributed by atoms with van der Waals surface area (Å²) in [7, 11) is 0. The van der Waals surface area contributed by atoms with E-state index in [-0.39, 0.29) is 41.4 Å². The molecule has 8 heteroatoms. The van der Waals surface area contributed by atoms with E-state index in [4.69, 9.17) is 27.6 Å². The van der Waals surface area contributed by atoms with Gasteiger partial charge in [-0.05, 0) is 101 Å². The van der Waals surface area contributed by atoms with Crippen molar-refractivity contribution < 1.29 is 9.90 Å². The summed E-state index contributed by atoms with van der Waals surface area (Å²) in [6.07, 6.45) is 15.3. The molecule has 1 aliphatic heterocycles. The summed E-state index contributed by atoms with van der Waals surface area (Å²) < 4.78 is 0. The van der Waals surface area contributed by atoms with Gasteiger partial charge in [-0.3, -0.25) is 4.79 Å². The topological polar surface area (TPSA) is 112 Å². The van der Waals surface area contributed by atoms with Crippen LogP contribution in [0.1, 0.15) is 103 Å². The van der Waals surface area contributed by atoms with Crippen molar-refractivity contribution in [3.05, 3.63) is 0 Å². The number of nitrogens with two attached hydrogens (primary N) is 1. The fraction of sp³-hybridized carbons (Fsp3) is 0.968. The molecule has 0 aromatic rings. The standard InChI is InChI=1S/C31H52ClN5O2/c1-2-17-5-3-4-6-25(17)35-31(39)24-15-18-7-13-22-23-16-19(32)8-14-26(23)34-28(22)27(18)29(30(24)38)37-36-21-11-9-20(33)10-12-21/h17-30,34,38H,2-16,33H2,1H3,(H,35,39). The number of aliphatic hydroxyl groups excluding tert-OH is 1. The number of alkyl halides is 1. The molecule has 39 heavy (non-hydrogen) atoms. The summed E-state index contributed by atoms with van der Waals surface area (Å²) in [5.74, 6) is 2.04. The monoisotopic (exact) mass is 561 g/mol. The second kappa shape index (κ2) is 12.2. The molecule has 0 bridgehead atoms. The number of carbonyl (C=O) groups is 1. The van der Waals surface area contributed by atoms with Crippen LogP contribution < -0.4 is 16.4 Å². The van der Waals surface area contributed by atoms with E-state index in [1.165, 1.54) is 25.7 Å². The Bertz CT molecular complexity index is 881. The Morgan fingerprint density at radius 2 is 1.77 bits per heavy atom. The van der Waals surface area contributed by atoms with E-state index >= 15 is 0 Å². The molecule has 0 radical (unpaired) electrons. The van der Waals surface area contributed by atoms with Crippen molar-refractivity contribution in [1.29, 1.82) is 0 Å². The smallest absolute Gasteiger partial charge is 0.226 e. The first-order valence-corrected chi connectivity index (χ1v) is 16.9. The highest BCUT2D eigenvalue weighted by Gasteiger charge is 2.58. The van der Waals surface area contributed by atoms with Crippen molar-refractivity contribution in [1.82, 2.24) is 10.6 Å².